The average molecular weight is 270 g/mol. The highest BCUT2D eigenvalue weighted by Crippen LogP contribution is 2.17. The Hall–Kier alpha value is -1.11. The molecule has 1 heterocycles. The number of ether oxygens (including phenoxy) is 1. The Kier molecular flexibility index (Phi) is 3.89. The Morgan fingerprint density at radius 2 is 1.94 bits per heavy atom. The van der Waals surface area contributed by atoms with Crippen LogP contribution in [-0.4, -0.2) is 34.7 Å². The molecule has 0 radical (unpaired) electrons. The van der Waals surface area contributed by atoms with Crippen LogP contribution < -0.4 is 14.8 Å². The van der Waals surface area contributed by atoms with Crippen molar-refractivity contribution in [2.45, 2.75) is 17.9 Å². The first kappa shape index (κ1) is 13.3. The van der Waals surface area contributed by atoms with Gasteiger partial charge in [0, 0.05) is 12.6 Å². The van der Waals surface area contributed by atoms with Crippen molar-refractivity contribution in [3.63, 3.8) is 0 Å². The van der Waals surface area contributed by atoms with Gasteiger partial charge in [-0.05, 0) is 36.7 Å². The summed E-state index contributed by atoms with van der Waals surface area (Å²) in [5, 5.41) is 3.17. The summed E-state index contributed by atoms with van der Waals surface area (Å²) in [6.45, 7) is 3.55. The third-order valence-corrected chi connectivity index (χ3v) is 4.70. The second kappa shape index (κ2) is 5.26. The SMILES string of the molecule is COc1ccc(S(=O)(=O)NC2CNCC2C)cc1. The second-order valence-corrected chi connectivity index (χ2v) is 6.25. The highest BCUT2D eigenvalue weighted by molar-refractivity contribution is 7.89. The Bertz CT molecular complexity index is 499. The first-order chi connectivity index (χ1) is 8.53. The minimum atomic E-state index is -3.45. The third kappa shape index (κ3) is 2.82. The Morgan fingerprint density at radius 3 is 2.44 bits per heavy atom. The molecule has 0 saturated carbocycles. The molecule has 2 N–H and O–H groups in total. The summed E-state index contributed by atoms with van der Waals surface area (Å²) in [7, 11) is -1.90. The molecule has 0 aromatic heterocycles. The molecule has 1 aliphatic heterocycles. The number of nitrogens with one attached hydrogen (secondary N) is 2. The number of methoxy groups -OCH3 is 1. The molecule has 0 bridgehead atoms. The normalized spacial score (nSPS) is 24.1. The van der Waals surface area contributed by atoms with Crippen molar-refractivity contribution in [2.24, 2.45) is 5.92 Å². The van der Waals surface area contributed by atoms with Gasteiger partial charge in [0.15, 0.2) is 0 Å². The van der Waals surface area contributed by atoms with Gasteiger partial charge in [-0.2, -0.15) is 0 Å². The lowest BCUT2D eigenvalue weighted by atomic mass is 10.1. The minimum absolute atomic E-state index is 0.0444. The minimum Gasteiger partial charge on any atom is -0.497 e. The molecule has 100 valence electrons. The van der Waals surface area contributed by atoms with Gasteiger partial charge in [0.1, 0.15) is 5.75 Å². The summed E-state index contributed by atoms with van der Waals surface area (Å²) in [4.78, 5) is 0.266. The fraction of sp³-hybridized carbons (Fsp3) is 0.500. The fourth-order valence-electron chi connectivity index (χ4n) is 1.99. The van der Waals surface area contributed by atoms with Crippen molar-refractivity contribution in [3.8, 4) is 5.75 Å². The van der Waals surface area contributed by atoms with E-state index < -0.39 is 10.0 Å². The lowest BCUT2D eigenvalue weighted by Crippen LogP contribution is -2.39. The lowest BCUT2D eigenvalue weighted by Gasteiger charge is -2.16. The maximum absolute atomic E-state index is 12.2. The molecular formula is C12H18N2O3S. The van der Waals surface area contributed by atoms with Gasteiger partial charge < -0.3 is 10.1 Å². The molecule has 0 aliphatic carbocycles. The predicted octanol–water partition coefficient (Wildman–Crippen LogP) is 0.581. The van der Waals surface area contributed by atoms with E-state index in [-0.39, 0.29) is 10.9 Å². The van der Waals surface area contributed by atoms with Crippen molar-refractivity contribution in [1.29, 1.82) is 0 Å². The smallest absolute Gasteiger partial charge is 0.240 e. The topological polar surface area (TPSA) is 67.4 Å². The van der Waals surface area contributed by atoms with Gasteiger partial charge in [-0.1, -0.05) is 6.92 Å². The van der Waals surface area contributed by atoms with E-state index in [9.17, 15) is 8.42 Å². The Labute approximate surface area is 108 Å². The molecule has 5 nitrogen and oxygen atoms in total. The summed E-state index contributed by atoms with van der Waals surface area (Å²) >= 11 is 0. The van der Waals surface area contributed by atoms with Crippen LogP contribution in [0.15, 0.2) is 29.2 Å². The van der Waals surface area contributed by atoms with Crippen LogP contribution >= 0.6 is 0 Å². The van der Waals surface area contributed by atoms with Crippen LogP contribution in [0.3, 0.4) is 0 Å². The highest BCUT2D eigenvalue weighted by atomic mass is 32.2. The molecule has 2 unspecified atom stereocenters. The summed E-state index contributed by atoms with van der Waals surface area (Å²) in [6, 6.07) is 6.34. The quantitative estimate of drug-likeness (QED) is 0.840. The zero-order valence-corrected chi connectivity index (χ0v) is 11.3. The number of rotatable bonds is 4. The van der Waals surface area contributed by atoms with E-state index in [1.54, 1.807) is 31.4 Å². The van der Waals surface area contributed by atoms with Crippen molar-refractivity contribution < 1.29 is 13.2 Å². The zero-order chi connectivity index (χ0) is 13.2. The molecule has 0 amide bonds. The molecule has 18 heavy (non-hydrogen) atoms. The van der Waals surface area contributed by atoms with Gasteiger partial charge in [-0.15, -0.1) is 0 Å². The van der Waals surface area contributed by atoms with Gasteiger partial charge in [-0.25, -0.2) is 13.1 Å². The van der Waals surface area contributed by atoms with E-state index in [2.05, 4.69) is 10.0 Å². The fourth-order valence-corrected chi connectivity index (χ4v) is 3.33. The van der Waals surface area contributed by atoms with Crippen molar-refractivity contribution >= 4 is 10.0 Å². The van der Waals surface area contributed by atoms with E-state index in [1.165, 1.54) is 0 Å². The second-order valence-electron chi connectivity index (χ2n) is 4.54. The standard InChI is InChI=1S/C12H18N2O3S/c1-9-7-13-8-12(9)14-18(15,16)11-5-3-10(17-2)4-6-11/h3-6,9,12-14H,7-8H2,1-2H3. The summed E-state index contributed by atoms with van der Waals surface area (Å²) in [5.74, 6) is 0.947. The van der Waals surface area contributed by atoms with E-state index in [0.717, 1.165) is 6.54 Å². The van der Waals surface area contributed by atoms with E-state index >= 15 is 0 Å². The van der Waals surface area contributed by atoms with Gasteiger partial charge in [-0.3, -0.25) is 0 Å². The third-order valence-electron chi connectivity index (χ3n) is 3.19. The molecule has 1 fully saturated rings. The van der Waals surface area contributed by atoms with Crippen LogP contribution in [0.25, 0.3) is 0 Å². The van der Waals surface area contributed by atoms with E-state index in [0.29, 0.717) is 18.2 Å². The Morgan fingerprint density at radius 1 is 1.28 bits per heavy atom. The molecule has 1 saturated heterocycles. The van der Waals surface area contributed by atoms with Gasteiger partial charge >= 0.3 is 0 Å². The molecule has 1 aliphatic rings. The molecule has 2 rings (SSSR count). The molecule has 6 heteroatoms. The zero-order valence-electron chi connectivity index (χ0n) is 10.5. The van der Waals surface area contributed by atoms with E-state index in [1.807, 2.05) is 6.92 Å². The van der Waals surface area contributed by atoms with Crippen molar-refractivity contribution in [2.75, 3.05) is 20.2 Å². The van der Waals surface area contributed by atoms with Gasteiger partial charge in [0.05, 0.1) is 12.0 Å². The molecular weight excluding hydrogens is 252 g/mol. The molecule has 2 atom stereocenters. The van der Waals surface area contributed by atoms with Crippen LogP contribution in [-0.2, 0) is 10.0 Å². The molecule has 0 spiro atoms. The van der Waals surface area contributed by atoms with Crippen molar-refractivity contribution in [1.82, 2.24) is 10.0 Å². The molecule has 1 aromatic carbocycles. The predicted molar refractivity (Wildman–Crippen MR) is 69.1 cm³/mol. The number of benzene rings is 1. The number of sulfonamides is 1. The summed E-state index contributed by atoms with van der Waals surface area (Å²) < 4.78 is 32.0. The van der Waals surface area contributed by atoms with Gasteiger partial charge in [0.25, 0.3) is 0 Å². The first-order valence-corrected chi connectivity index (χ1v) is 7.38. The van der Waals surface area contributed by atoms with Crippen LogP contribution in [0.5, 0.6) is 5.75 Å². The monoisotopic (exact) mass is 270 g/mol. The van der Waals surface area contributed by atoms with Crippen molar-refractivity contribution in [3.05, 3.63) is 24.3 Å². The summed E-state index contributed by atoms with van der Waals surface area (Å²) in [6.07, 6.45) is 0. The van der Waals surface area contributed by atoms with E-state index in [4.69, 9.17) is 4.74 Å². The van der Waals surface area contributed by atoms with Gasteiger partial charge in [0.2, 0.25) is 10.0 Å². The van der Waals surface area contributed by atoms with Crippen LogP contribution in [0.2, 0.25) is 0 Å². The number of hydrogen-bond acceptors (Lipinski definition) is 4. The highest BCUT2D eigenvalue weighted by Gasteiger charge is 2.28. The molecule has 1 aromatic rings. The Balaban J connectivity index is 2.14. The van der Waals surface area contributed by atoms with Crippen LogP contribution in [0.4, 0.5) is 0 Å². The van der Waals surface area contributed by atoms with Crippen LogP contribution in [0.1, 0.15) is 6.92 Å². The van der Waals surface area contributed by atoms with Crippen LogP contribution in [0, 0.1) is 5.92 Å². The summed E-state index contributed by atoms with van der Waals surface area (Å²) in [5.41, 5.74) is 0. The largest absolute Gasteiger partial charge is 0.497 e. The first-order valence-electron chi connectivity index (χ1n) is 5.90. The maximum atomic E-state index is 12.2. The average Bonchev–Trinajstić information content (AvgIpc) is 2.74. The number of hydrogen-bond donors (Lipinski definition) is 2. The lowest BCUT2D eigenvalue weighted by molar-refractivity contribution is 0.414. The maximum Gasteiger partial charge on any atom is 0.240 e.